The number of aryl methyl sites for hydroxylation is 1. The summed E-state index contributed by atoms with van der Waals surface area (Å²) in [6.45, 7) is 1.91. The van der Waals surface area contributed by atoms with Crippen molar-refractivity contribution < 1.29 is 22.4 Å². The number of nitrogens with zero attached hydrogens (tertiary/aromatic N) is 2. The predicted octanol–water partition coefficient (Wildman–Crippen LogP) is 1.08. The molecule has 0 bridgehead atoms. The van der Waals surface area contributed by atoms with Crippen LogP contribution in [0.3, 0.4) is 0 Å². The van der Waals surface area contributed by atoms with Crippen LogP contribution in [-0.2, 0) is 26.6 Å². The zero-order valence-electron chi connectivity index (χ0n) is 16.7. The van der Waals surface area contributed by atoms with E-state index >= 15 is 0 Å². The average Bonchev–Trinajstić information content (AvgIpc) is 2.99. The van der Waals surface area contributed by atoms with Crippen molar-refractivity contribution in [1.29, 1.82) is 0 Å². The molecule has 1 fully saturated rings. The van der Waals surface area contributed by atoms with E-state index in [1.54, 1.807) is 20.2 Å². The highest BCUT2D eigenvalue weighted by molar-refractivity contribution is 7.89. The molecule has 0 unspecified atom stereocenters. The third-order valence-electron chi connectivity index (χ3n) is 5.30. The van der Waals surface area contributed by atoms with Gasteiger partial charge in [-0.3, -0.25) is 9.36 Å². The van der Waals surface area contributed by atoms with Gasteiger partial charge in [-0.2, -0.15) is 4.31 Å². The Labute approximate surface area is 169 Å². The number of nitrogens with one attached hydrogen (secondary N) is 1. The van der Waals surface area contributed by atoms with Crippen LogP contribution in [0.1, 0.15) is 25.7 Å². The quantitative estimate of drug-likeness (QED) is 0.634. The number of oxazole rings is 1. The maximum Gasteiger partial charge on any atom is 0.419 e. The Balaban J connectivity index is 1.58. The third kappa shape index (κ3) is 4.88. The van der Waals surface area contributed by atoms with Gasteiger partial charge in [-0.25, -0.2) is 13.2 Å². The fourth-order valence-corrected chi connectivity index (χ4v) is 5.04. The number of hydrogen-bond donors (Lipinski definition) is 1. The highest BCUT2D eigenvalue weighted by Gasteiger charge is 2.30. The fourth-order valence-electron chi connectivity index (χ4n) is 3.56. The largest absolute Gasteiger partial charge is 0.419 e. The summed E-state index contributed by atoms with van der Waals surface area (Å²) >= 11 is 0. The lowest BCUT2D eigenvalue weighted by atomic mass is 9.94. The SMILES string of the molecule is COCCCNC(=O)CC1CCN(S(=O)(=O)c2ccc3c(c2)oc(=O)n3C)CC1. The number of sulfonamides is 1. The number of methoxy groups -OCH3 is 1. The molecule has 1 aliphatic rings. The molecule has 29 heavy (non-hydrogen) atoms. The summed E-state index contributed by atoms with van der Waals surface area (Å²) in [6, 6.07) is 4.46. The maximum atomic E-state index is 13.0. The van der Waals surface area contributed by atoms with E-state index in [0.29, 0.717) is 51.0 Å². The molecule has 0 spiro atoms. The molecule has 0 aliphatic carbocycles. The van der Waals surface area contributed by atoms with Gasteiger partial charge in [-0.15, -0.1) is 0 Å². The summed E-state index contributed by atoms with van der Waals surface area (Å²) in [6.07, 6.45) is 2.44. The number of carbonyl (C=O) groups is 1. The molecular weight excluding hydrogens is 398 g/mol. The Kier molecular flexibility index (Phi) is 6.76. The number of amides is 1. The molecule has 1 aromatic carbocycles. The molecule has 3 rings (SSSR count). The summed E-state index contributed by atoms with van der Waals surface area (Å²) in [5, 5.41) is 2.87. The third-order valence-corrected chi connectivity index (χ3v) is 7.19. The Bertz CT molecular complexity index is 1020. The molecule has 1 aliphatic heterocycles. The molecular formula is C19H27N3O6S. The van der Waals surface area contributed by atoms with Crippen molar-refractivity contribution >= 4 is 27.0 Å². The first-order chi connectivity index (χ1) is 13.8. The smallest absolute Gasteiger partial charge is 0.408 e. The Morgan fingerprint density at radius 3 is 2.72 bits per heavy atom. The van der Waals surface area contributed by atoms with Crippen LogP contribution >= 0.6 is 0 Å². The number of benzene rings is 1. The van der Waals surface area contributed by atoms with E-state index in [9.17, 15) is 18.0 Å². The lowest BCUT2D eigenvalue weighted by Crippen LogP contribution is -2.39. The topological polar surface area (TPSA) is 111 Å². The second kappa shape index (κ2) is 9.10. The van der Waals surface area contributed by atoms with Gasteiger partial charge in [0.1, 0.15) is 0 Å². The van der Waals surface area contributed by atoms with Crippen molar-refractivity contribution in [3.05, 3.63) is 28.7 Å². The molecule has 1 N–H and O–H groups in total. The average molecular weight is 426 g/mol. The van der Waals surface area contributed by atoms with E-state index in [2.05, 4.69) is 5.32 Å². The highest BCUT2D eigenvalue weighted by atomic mass is 32.2. The van der Waals surface area contributed by atoms with Gasteiger partial charge in [0, 0.05) is 52.9 Å². The van der Waals surface area contributed by atoms with Gasteiger partial charge in [0.25, 0.3) is 0 Å². The standard InChI is InChI=1S/C19H27N3O6S/c1-21-16-5-4-15(13-17(16)28-19(21)24)29(25,26)22-9-6-14(7-10-22)12-18(23)20-8-3-11-27-2/h4-5,13-14H,3,6-12H2,1-2H3,(H,20,23). The Hall–Kier alpha value is -2.17. The number of fused-ring (bicyclic) bond motifs is 1. The molecule has 1 aromatic heterocycles. The minimum absolute atomic E-state index is 0.00744. The molecule has 1 amide bonds. The molecule has 9 nitrogen and oxygen atoms in total. The van der Waals surface area contributed by atoms with Crippen LogP contribution < -0.4 is 11.1 Å². The second-order valence-electron chi connectivity index (χ2n) is 7.30. The van der Waals surface area contributed by atoms with Crippen molar-refractivity contribution in [3.63, 3.8) is 0 Å². The molecule has 0 radical (unpaired) electrons. The lowest BCUT2D eigenvalue weighted by Gasteiger charge is -2.31. The summed E-state index contributed by atoms with van der Waals surface area (Å²) in [7, 11) is -0.489. The van der Waals surface area contributed by atoms with E-state index in [-0.39, 0.29) is 22.3 Å². The van der Waals surface area contributed by atoms with Crippen LogP contribution in [0.4, 0.5) is 0 Å². The zero-order valence-corrected chi connectivity index (χ0v) is 17.5. The first kappa shape index (κ1) is 21.5. The Morgan fingerprint density at radius 1 is 1.31 bits per heavy atom. The van der Waals surface area contributed by atoms with Crippen LogP contribution in [0.25, 0.3) is 11.1 Å². The molecule has 160 valence electrons. The minimum Gasteiger partial charge on any atom is -0.408 e. The van der Waals surface area contributed by atoms with Gasteiger partial charge < -0.3 is 14.5 Å². The molecule has 2 aromatic rings. The van der Waals surface area contributed by atoms with Crippen LogP contribution in [0.5, 0.6) is 0 Å². The zero-order chi connectivity index (χ0) is 21.0. The number of hydrogen-bond acceptors (Lipinski definition) is 6. The van der Waals surface area contributed by atoms with Gasteiger partial charge in [-0.1, -0.05) is 0 Å². The summed E-state index contributed by atoms with van der Waals surface area (Å²) in [5.41, 5.74) is 0.794. The predicted molar refractivity (Wildman–Crippen MR) is 107 cm³/mol. The van der Waals surface area contributed by atoms with Crippen molar-refractivity contribution in [3.8, 4) is 0 Å². The normalized spacial score (nSPS) is 16.3. The highest BCUT2D eigenvalue weighted by Crippen LogP contribution is 2.27. The number of ether oxygens (including phenoxy) is 1. The van der Waals surface area contributed by atoms with E-state index in [1.165, 1.54) is 21.0 Å². The first-order valence-electron chi connectivity index (χ1n) is 9.68. The Morgan fingerprint density at radius 2 is 2.03 bits per heavy atom. The van der Waals surface area contributed by atoms with E-state index in [1.807, 2.05) is 0 Å². The maximum absolute atomic E-state index is 13.0. The van der Waals surface area contributed by atoms with Crippen LogP contribution in [0, 0.1) is 5.92 Å². The van der Waals surface area contributed by atoms with Crippen LogP contribution in [0.15, 0.2) is 32.3 Å². The van der Waals surface area contributed by atoms with Gasteiger partial charge in [0.15, 0.2) is 5.58 Å². The monoisotopic (exact) mass is 425 g/mol. The number of aromatic nitrogens is 1. The van der Waals surface area contributed by atoms with E-state index in [4.69, 9.17) is 9.15 Å². The molecule has 2 heterocycles. The van der Waals surface area contributed by atoms with Gasteiger partial charge >= 0.3 is 5.76 Å². The number of carbonyl (C=O) groups excluding carboxylic acids is 1. The first-order valence-corrected chi connectivity index (χ1v) is 11.1. The minimum atomic E-state index is -3.68. The van der Waals surface area contributed by atoms with Crippen LogP contribution in [-0.4, -0.2) is 56.5 Å². The fraction of sp³-hybridized carbons (Fsp3) is 0.579. The molecule has 0 saturated carbocycles. The van der Waals surface area contributed by atoms with Crippen molar-refractivity contribution in [2.45, 2.75) is 30.6 Å². The lowest BCUT2D eigenvalue weighted by molar-refractivity contribution is -0.122. The van der Waals surface area contributed by atoms with Gasteiger partial charge in [0.2, 0.25) is 15.9 Å². The van der Waals surface area contributed by atoms with E-state index < -0.39 is 15.8 Å². The summed E-state index contributed by atoms with van der Waals surface area (Å²) in [5.74, 6) is -0.374. The molecule has 10 heteroatoms. The summed E-state index contributed by atoms with van der Waals surface area (Å²) in [4.78, 5) is 23.7. The van der Waals surface area contributed by atoms with Crippen molar-refractivity contribution in [2.75, 3.05) is 33.4 Å². The van der Waals surface area contributed by atoms with Crippen molar-refractivity contribution in [1.82, 2.24) is 14.2 Å². The summed E-state index contributed by atoms with van der Waals surface area (Å²) < 4.78 is 38.7. The van der Waals surface area contributed by atoms with Gasteiger partial charge in [0.05, 0.1) is 10.4 Å². The van der Waals surface area contributed by atoms with Gasteiger partial charge in [-0.05, 0) is 37.3 Å². The second-order valence-corrected chi connectivity index (χ2v) is 9.24. The van der Waals surface area contributed by atoms with Crippen LogP contribution in [0.2, 0.25) is 0 Å². The molecule has 1 saturated heterocycles. The number of piperidine rings is 1. The van der Waals surface area contributed by atoms with Crippen molar-refractivity contribution in [2.24, 2.45) is 13.0 Å². The van der Waals surface area contributed by atoms with E-state index in [0.717, 1.165) is 6.42 Å². The number of rotatable bonds is 8. The molecule has 0 atom stereocenters.